The summed E-state index contributed by atoms with van der Waals surface area (Å²) < 4.78 is 0. The molecule has 1 saturated heterocycles. The van der Waals surface area contributed by atoms with Crippen LogP contribution in [0.2, 0.25) is 0 Å². The standard InChI is InChI=1S/C13H18N2/c1-2-6-12-11-15(10-9-14-12)13-7-4-3-5-8-13/h2-5,7-8,12,14H,1,6,9-11H2. The molecule has 1 aliphatic rings. The molecule has 1 atom stereocenters. The number of para-hydroxylation sites is 1. The van der Waals surface area contributed by atoms with E-state index >= 15 is 0 Å². The van der Waals surface area contributed by atoms with Gasteiger partial charge in [0.1, 0.15) is 0 Å². The molecule has 0 spiro atoms. The van der Waals surface area contributed by atoms with Gasteiger partial charge < -0.3 is 10.2 Å². The number of rotatable bonds is 3. The second kappa shape index (κ2) is 4.99. The van der Waals surface area contributed by atoms with Gasteiger partial charge in [0.15, 0.2) is 0 Å². The molecule has 15 heavy (non-hydrogen) atoms. The first-order valence-electron chi connectivity index (χ1n) is 5.54. The average Bonchev–Trinajstić information content (AvgIpc) is 2.31. The molecule has 0 bridgehead atoms. The molecule has 0 radical (unpaired) electrons. The molecule has 2 rings (SSSR count). The van der Waals surface area contributed by atoms with E-state index in [9.17, 15) is 0 Å². The van der Waals surface area contributed by atoms with Crippen LogP contribution in [0, 0.1) is 0 Å². The van der Waals surface area contributed by atoms with Crippen LogP contribution in [0.15, 0.2) is 43.0 Å². The highest BCUT2D eigenvalue weighted by atomic mass is 15.2. The third kappa shape index (κ3) is 2.60. The zero-order chi connectivity index (χ0) is 10.5. The van der Waals surface area contributed by atoms with E-state index in [2.05, 4.69) is 47.1 Å². The fourth-order valence-corrected chi connectivity index (χ4v) is 2.06. The minimum Gasteiger partial charge on any atom is -0.369 e. The predicted octanol–water partition coefficient (Wildman–Crippen LogP) is 2.04. The normalized spacial score (nSPS) is 21.3. The Morgan fingerprint density at radius 2 is 2.20 bits per heavy atom. The molecule has 0 aromatic heterocycles. The molecule has 0 aliphatic carbocycles. The largest absolute Gasteiger partial charge is 0.369 e. The van der Waals surface area contributed by atoms with Crippen LogP contribution in [0.25, 0.3) is 0 Å². The Bertz CT molecular complexity index is 308. The van der Waals surface area contributed by atoms with Gasteiger partial charge in [-0.25, -0.2) is 0 Å². The van der Waals surface area contributed by atoms with Crippen molar-refractivity contribution in [2.24, 2.45) is 0 Å². The number of nitrogens with zero attached hydrogens (tertiary/aromatic N) is 1. The first-order chi connectivity index (χ1) is 7.40. The van der Waals surface area contributed by atoms with Crippen molar-refractivity contribution in [3.8, 4) is 0 Å². The quantitative estimate of drug-likeness (QED) is 0.755. The number of hydrogen-bond acceptors (Lipinski definition) is 2. The zero-order valence-electron chi connectivity index (χ0n) is 9.02. The Balaban J connectivity index is 2.01. The van der Waals surface area contributed by atoms with Gasteiger partial charge in [-0.3, -0.25) is 0 Å². The van der Waals surface area contributed by atoms with Crippen LogP contribution < -0.4 is 10.2 Å². The van der Waals surface area contributed by atoms with Crippen LogP contribution in [0.1, 0.15) is 6.42 Å². The van der Waals surface area contributed by atoms with E-state index in [0.29, 0.717) is 6.04 Å². The second-order valence-electron chi connectivity index (χ2n) is 3.96. The van der Waals surface area contributed by atoms with Gasteiger partial charge >= 0.3 is 0 Å². The van der Waals surface area contributed by atoms with Gasteiger partial charge in [-0.1, -0.05) is 24.3 Å². The molecule has 1 aromatic carbocycles. The molecule has 0 amide bonds. The number of benzene rings is 1. The molecule has 2 nitrogen and oxygen atoms in total. The smallest absolute Gasteiger partial charge is 0.0367 e. The molecular formula is C13H18N2. The molecule has 1 heterocycles. The third-order valence-electron chi connectivity index (χ3n) is 2.83. The van der Waals surface area contributed by atoms with E-state index in [4.69, 9.17) is 0 Å². The summed E-state index contributed by atoms with van der Waals surface area (Å²) in [5.74, 6) is 0. The van der Waals surface area contributed by atoms with Gasteiger partial charge in [0.25, 0.3) is 0 Å². The third-order valence-corrected chi connectivity index (χ3v) is 2.83. The fraction of sp³-hybridized carbons (Fsp3) is 0.385. The average molecular weight is 202 g/mol. The second-order valence-corrected chi connectivity index (χ2v) is 3.96. The summed E-state index contributed by atoms with van der Waals surface area (Å²) in [5, 5.41) is 3.51. The van der Waals surface area contributed by atoms with Crippen LogP contribution in [-0.4, -0.2) is 25.7 Å². The summed E-state index contributed by atoms with van der Waals surface area (Å²) in [4.78, 5) is 2.44. The predicted molar refractivity (Wildman–Crippen MR) is 65.3 cm³/mol. The maximum absolute atomic E-state index is 3.79. The summed E-state index contributed by atoms with van der Waals surface area (Å²) in [6, 6.07) is 11.2. The van der Waals surface area contributed by atoms with E-state index in [1.54, 1.807) is 0 Å². The lowest BCUT2D eigenvalue weighted by Gasteiger charge is -2.35. The topological polar surface area (TPSA) is 15.3 Å². The van der Waals surface area contributed by atoms with Crippen molar-refractivity contribution in [2.45, 2.75) is 12.5 Å². The van der Waals surface area contributed by atoms with Gasteiger partial charge in [0.2, 0.25) is 0 Å². The molecule has 1 N–H and O–H groups in total. The lowest BCUT2D eigenvalue weighted by molar-refractivity contribution is 0.460. The molecule has 2 heteroatoms. The van der Waals surface area contributed by atoms with Crippen molar-refractivity contribution in [2.75, 3.05) is 24.5 Å². The monoisotopic (exact) mass is 202 g/mol. The lowest BCUT2D eigenvalue weighted by Crippen LogP contribution is -2.50. The molecule has 1 unspecified atom stereocenters. The molecular weight excluding hydrogens is 184 g/mol. The summed E-state index contributed by atoms with van der Waals surface area (Å²) in [7, 11) is 0. The Kier molecular flexibility index (Phi) is 3.41. The number of piperazine rings is 1. The van der Waals surface area contributed by atoms with E-state index in [-0.39, 0.29) is 0 Å². The van der Waals surface area contributed by atoms with Gasteiger partial charge in [-0.15, -0.1) is 6.58 Å². The Morgan fingerprint density at radius 3 is 2.93 bits per heavy atom. The number of nitrogens with one attached hydrogen (secondary N) is 1. The lowest BCUT2D eigenvalue weighted by atomic mass is 10.1. The molecule has 0 saturated carbocycles. The van der Waals surface area contributed by atoms with Crippen LogP contribution in [0.3, 0.4) is 0 Å². The zero-order valence-corrected chi connectivity index (χ0v) is 9.02. The maximum Gasteiger partial charge on any atom is 0.0367 e. The van der Waals surface area contributed by atoms with Crippen LogP contribution >= 0.6 is 0 Å². The van der Waals surface area contributed by atoms with E-state index < -0.39 is 0 Å². The van der Waals surface area contributed by atoms with Crippen molar-refractivity contribution in [1.29, 1.82) is 0 Å². The van der Waals surface area contributed by atoms with E-state index in [1.807, 2.05) is 6.08 Å². The van der Waals surface area contributed by atoms with Crippen molar-refractivity contribution >= 4 is 5.69 Å². The highest BCUT2D eigenvalue weighted by molar-refractivity contribution is 5.46. The van der Waals surface area contributed by atoms with Crippen LogP contribution in [0.4, 0.5) is 5.69 Å². The van der Waals surface area contributed by atoms with Gasteiger partial charge in [0, 0.05) is 31.4 Å². The maximum atomic E-state index is 3.79. The van der Waals surface area contributed by atoms with Crippen molar-refractivity contribution in [1.82, 2.24) is 5.32 Å². The Labute approximate surface area is 91.6 Å². The molecule has 80 valence electrons. The fourth-order valence-electron chi connectivity index (χ4n) is 2.06. The minimum atomic E-state index is 0.552. The first kappa shape index (κ1) is 10.2. The first-order valence-corrected chi connectivity index (χ1v) is 5.54. The van der Waals surface area contributed by atoms with Crippen LogP contribution in [-0.2, 0) is 0 Å². The highest BCUT2D eigenvalue weighted by Gasteiger charge is 2.17. The number of anilines is 1. The van der Waals surface area contributed by atoms with Gasteiger partial charge in [-0.2, -0.15) is 0 Å². The molecule has 1 aliphatic heterocycles. The summed E-state index contributed by atoms with van der Waals surface area (Å²) in [6.45, 7) is 7.03. The summed E-state index contributed by atoms with van der Waals surface area (Å²) in [6.07, 6.45) is 3.04. The minimum absolute atomic E-state index is 0.552. The summed E-state index contributed by atoms with van der Waals surface area (Å²) in [5.41, 5.74) is 1.33. The molecule has 1 aromatic rings. The van der Waals surface area contributed by atoms with Crippen molar-refractivity contribution < 1.29 is 0 Å². The van der Waals surface area contributed by atoms with Gasteiger partial charge in [-0.05, 0) is 18.6 Å². The number of hydrogen-bond donors (Lipinski definition) is 1. The van der Waals surface area contributed by atoms with E-state index in [0.717, 1.165) is 26.1 Å². The summed E-state index contributed by atoms with van der Waals surface area (Å²) >= 11 is 0. The molecule has 1 fully saturated rings. The SMILES string of the molecule is C=CCC1CN(c2ccccc2)CCN1. The van der Waals surface area contributed by atoms with E-state index in [1.165, 1.54) is 5.69 Å². The Hall–Kier alpha value is -1.28. The van der Waals surface area contributed by atoms with Crippen LogP contribution in [0.5, 0.6) is 0 Å². The Morgan fingerprint density at radius 1 is 1.40 bits per heavy atom. The van der Waals surface area contributed by atoms with Crippen molar-refractivity contribution in [3.63, 3.8) is 0 Å². The van der Waals surface area contributed by atoms with Crippen molar-refractivity contribution in [3.05, 3.63) is 43.0 Å². The highest BCUT2D eigenvalue weighted by Crippen LogP contribution is 2.15. The van der Waals surface area contributed by atoms with Gasteiger partial charge in [0.05, 0.1) is 0 Å².